The van der Waals surface area contributed by atoms with Gasteiger partial charge in [-0.3, -0.25) is 9.59 Å². The van der Waals surface area contributed by atoms with E-state index in [0.717, 1.165) is 6.42 Å². The highest BCUT2D eigenvalue weighted by Gasteiger charge is 2.40. The zero-order chi connectivity index (χ0) is 12.1. The van der Waals surface area contributed by atoms with Gasteiger partial charge in [-0.1, -0.05) is 0 Å². The Morgan fingerprint density at radius 3 is 2.00 bits per heavy atom. The second-order valence-electron chi connectivity index (χ2n) is 3.93. The quantitative estimate of drug-likeness (QED) is 0.670. The molecule has 0 aromatic carbocycles. The SMILES string of the molecule is COC(=O)C1CCC(OC)CC1C(=O)OC. The van der Waals surface area contributed by atoms with Crippen LogP contribution in [0.1, 0.15) is 19.3 Å². The summed E-state index contributed by atoms with van der Waals surface area (Å²) in [5.41, 5.74) is 0. The maximum atomic E-state index is 11.6. The van der Waals surface area contributed by atoms with Crippen LogP contribution in [0.15, 0.2) is 0 Å². The summed E-state index contributed by atoms with van der Waals surface area (Å²) in [7, 11) is 4.27. The zero-order valence-corrected chi connectivity index (χ0v) is 9.89. The van der Waals surface area contributed by atoms with E-state index in [1.165, 1.54) is 14.2 Å². The lowest BCUT2D eigenvalue weighted by Gasteiger charge is -2.31. The first-order valence-electron chi connectivity index (χ1n) is 5.32. The van der Waals surface area contributed by atoms with Crippen molar-refractivity contribution in [2.24, 2.45) is 11.8 Å². The summed E-state index contributed by atoms with van der Waals surface area (Å²) in [6.45, 7) is 0. The average Bonchev–Trinajstić information content (AvgIpc) is 2.36. The largest absolute Gasteiger partial charge is 0.469 e. The highest BCUT2D eigenvalue weighted by atomic mass is 16.5. The Kier molecular flexibility index (Phi) is 4.73. The second kappa shape index (κ2) is 5.84. The van der Waals surface area contributed by atoms with Crippen LogP contribution >= 0.6 is 0 Å². The monoisotopic (exact) mass is 230 g/mol. The molecular formula is C11H18O5. The molecule has 0 aromatic rings. The van der Waals surface area contributed by atoms with E-state index in [2.05, 4.69) is 0 Å². The first-order chi connectivity index (χ1) is 7.63. The van der Waals surface area contributed by atoms with E-state index in [-0.39, 0.29) is 18.0 Å². The van der Waals surface area contributed by atoms with Crippen LogP contribution in [-0.2, 0) is 23.8 Å². The lowest BCUT2D eigenvalue weighted by Crippen LogP contribution is -2.39. The first kappa shape index (κ1) is 13.0. The molecule has 1 saturated carbocycles. The van der Waals surface area contributed by atoms with Crippen LogP contribution in [0.2, 0.25) is 0 Å². The van der Waals surface area contributed by atoms with E-state index >= 15 is 0 Å². The van der Waals surface area contributed by atoms with Crippen molar-refractivity contribution in [1.82, 2.24) is 0 Å². The Bertz CT molecular complexity index is 263. The van der Waals surface area contributed by atoms with Gasteiger partial charge in [0.2, 0.25) is 0 Å². The third-order valence-electron chi connectivity index (χ3n) is 3.14. The van der Waals surface area contributed by atoms with Gasteiger partial charge < -0.3 is 14.2 Å². The second-order valence-corrected chi connectivity index (χ2v) is 3.93. The van der Waals surface area contributed by atoms with Crippen molar-refractivity contribution < 1.29 is 23.8 Å². The first-order valence-corrected chi connectivity index (χ1v) is 5.32. The van der Waals surface area contributed by atoms with E-state index in [4.69, 9.17) is 14.2 Å². The summed E-state index contributed by atoms with van der Waals surface area (Å²) in [4.78, 5) is 23.1. The molecule has 0 N–H and O–H groups in total. The van der Waals surface area contributed by atoms with Gasteiger partial charge in [0.05, 0.1) is 32.2 Å². The number of hydrogen-bond donors (Lipinski definition) is 0. The third kappa shape index (κ3) is 2.72. The van der Waals surface area contributed by atoms with Crippen molar-refractivity contribution in [3.05, 3.63) is 0 Å². The summed E-state index contributed by atoms with van der Waals surface area (Å²) in [5.74, 6) is -1.55. The molecule has 1 fully saturated rings. The molecule has 0 aromatic heterocycles. The van der Waals surface area contributed by atoms with Crippen LogP contribution in [0.4, 0.5) is 0 Å². The van der Waals surface area contributed by atoms with Crippen molar-refractivity contribution >= 4 is 11.9 Å². The smallest absolute Gasteiger partial charge is 0.309 e. The molecule has 5 heteroatoms. The van der Waals surface area contributed by atoms with E-state index in [0.29, 0.717) is 12.8 Å². The minimum atomic E-state index is -0.448. The number of methoxy groups -OCH3 is 3. The van der Waals surface area contributed by atoms with Crippen molar-refractivity contribution in [3.8, 4) is 0 Å². The topological polar surface area (TPSA) is 61.8 Å². The molecule has 0 heterocycles. The molecule has 0 aliphatic heterocycles. The minimum Gasteiger partial charge on any atom is -0.469 e. The Morgan fingerprint density at radius 1 is 0.938 bits per heavy atom. The van der Waals surface area contributed by atoms with Gasteiger partial charge in [0.25, 0.3) is 0 Å². The van der Waals surface area contributed by atoms with Gasteiger partial charge in [-0.05, 0) is 19.3 Å². The Labute approximate surface area is 95.0 Å². The summed E-state index contributed by atoms with van der Waals surface area (Å²) >= 11 is 0. The highest BCUT2D eigenvalue weighted by molar-refractivity contribution is 5.82. The van der Waals surface area contributed by atoms with Crippen LogP contribution in [0.3, 0.4) is 0 Å². The van der Waals surface area contributed by atoms with Gasteiger partial charge in [0, 0.05) is 7.11 Å². The lowest BCUT2D eigenvalue weighted by molar-refractivity contribution is -0.162. The minimum absolute atomic E-state index is 0.0185. The molecule has 1 aliphatic rings. The van der Waals surface area contributed by atoms with Gasteiger partial charge in [-0.25, -0.2) is 0 Å². The molecular weight excluding hydrogens is 212 g/mol. The predicted octanol–water partition coefficient (Wildman–Crippen LogP) is 0.764. The van der Waals surface area contributed by atoms with Crippen molar-refractivity contribution in [3.63, 3.8) is 0 Å². The van der Waals surface area contributed by atoms with Crippen molar-refractivity contribution in [2.75, 3.05) is 21.3 Å². The van der Waals surface area contributed by atoms with Gasteiger partial charge in [-0.2, -0.15) is 0 Å². The van der Waals surface area contributed by atoms with Gasteiger partial charge >= 0.3 is 11.9 Å². The fourth-order valence-corrected chi connectivity index (χ4v) is 2.19. The summed E-state index contributed by atoms with van der Waals surface area (Å²) in [5, 5.41) is 0. The normalized spacial score (nSPS) is 29.6. The molecule has 0 radical (unpaired) electrons. The Hall–Kier alpha value is -1.10. The van der Waals surface area contributed by atoms with E-state index in [9.17, 15) is 9.59 Å². The molecule has 5 nitrogen and oxygen atoms in total. The number of ether oxygens (including phenoxy) is 3. The molecule has 1 aliphatic carbocycles. The Balaban J connectivity index is 2.75. The van der Waals surface area contributed by atoms with E-state index < -0.39 is 11.8 Å². The standard InChI is InChI=1S/C11H18O5/c1-14-7-4-5-8(10(12)15-2)9(6-7)11(13)16-3/h7-9H,4-6H2,1-3H3. The molecule has 1 rings (SSSR count). The summed E-state index contributed by atoms with van der Waals surface area (Å²) in [6.07, 6.45) is 1.91. The van der Waals surface area contributed by atoms with E-state index in [1.807, 2.05) is 0 Å². The number of rotatable bonds is 3. The van der Waals surface area contributed by atoms with Crippen molar-refractivity contribution in [2.45, 2.75) is 25.4 Å². The van der Waals surface area contributed by atoms with Crippen LogP contribution in [0.25, 0.3) is 0 Å². The maximum absolute atomic E-state index is 11.6. The molecule has 0 spiro atoms. The van der Waals surface area contributed by atoms with Gasteiger partial charge in [0.15, 0.2) is 0 Å². The zero-order valence-electron chi connectivity index (χ0n) is 9.89. The molecule has 0 bridgehead atoms. The Morgan fingerprint density at radius 2 is 1.50 bits per heavy atom. The average molecular weight is 230 g/mol. The molecule has 16 heavy (non-hydrogen) atoms. The highest BCUT2D eigenvalue weighted by Crippen LogP contribution is 2.33. The summed E-state index contributed by atoms with van der Waals surface area (Å²) in [6, 6.07) is 0. The molecule has 0 amide bonds. The van der Waals surface area contributed by atoms with Gasteiger partial charge in [0.1, 0.15) is 0 Å². The lowest BCUT2D eigenvalue weighted by atomic mass is 9.78. The number of esters is 2. The van der Waals surface area contributed by atoms with E-state index in [1.54, 1.807) is 7.11 Å². The maximum Gasteiger partial charge on any atom is 0.309 e. The fraction of sp³-hybridized carbons (Fsp3) is 0.818. The predicted molar refractivity (Wildman–Crippen MR) is 55.7 cm³/mol. The fourth-order valence-electron chi connectivity index (χ4n) is 2.19. The van der Waals surface area contributed by atoms with Crippen LogP contribution < -0.4 is 0 Å². The number of carbonyl (C=O) groups excluding carboxylic acids is 2. The van der Waals surface area contributed by atoms with Crippen molar-refractivity contribution in [1.29, 1.82) is 0 Å². The van der Waals surface area contributed by atoms with Crippen LogP contribution in [0, 0.1) is 11.8 Å². The molecule has 3 unspecified atom stereocenters. The number of carbonyl (C=O) groups is 2. The van der Waals surface area contributed by atoms with Gasteiger partial charge in [-0.15, -0.1) is 0 Å². The molecule has 3 atom stereocenters. The number of hydrogen-bond acceptors (Lipinski definition) is 5. The third-order valence-corrected chi connectivity index (χ3v) is 3.14. The van der Waals surface area contributed by atoms with Crippen LogP contribution in [-0.4, -0.2) is 39.4 Å². The summed E-state index contributed by atoms with van der Waals surface area (Å²) < 4.78 is 14.6. The van der Waals surface area contributed by atoms with Crippen LogP contribution in [0.5, 0.6) is 0 Å². The molecule has 92 valence electrons. The molecule has 0 saturated heterocycles.